The molecule has 1 aliphatic rings. The summed E-state index contributed by atoms with van der Waals surface area (Å²) in [6.45, 7) is 5.50. The number of rotatable bonds is 4. The van der Waals surface area contributed by atoms with Crippen molar-refractivity contribution in [2.24, 2.45) is 5.10 Å². The molecule has 7 nitrogen and oxygen atoms in total. The van der Waals surface area contributed by atoms with Gasteiger partial charge >= 0.3 is 5.97 Å². The Hall–Kier alpha value is -3.45. The number of nitrogens with one attached hydrogen (secondary N) is 1. The van der Waals surface area contributed by atoms with Crippen molar-refractivity contribution in [1.29, 1.82) is 0 Å². The number of pyridine rings is 1. The van der Waals surface area contributed by atoms with Gasteiger partial charge in [0.1, 0.15) is 11.5 Å². The van der Waals surface area contributed by atoms with Gasteiger partial charge in [-0.2, -0.15) is 5.10 Å². The zero-order chi connectivity index (χ0) is 22.8. The van der Waals surface area contributed by atoms with Crippen LogP contribution in [0.25, 0.3) is 0 Å². The lowest BCUT2D eigenvalue weighted by atomic mass is 9.93. The van der Waals surface area contributed by atoms with E-state index in [1.54, 1.807) is 37.4 Å². The van der Waals surface area contributed by atoms with Gasteiger partial charge in [-0.3, -0.25) is 9.78 Å². The van der Waals surface area contributed by atoms with Gasteiger partial charge in [0.25, 0.3) is 5.91 Å². The average molecular weight is 452 g/mol. The summed E-state index contributed by atoms with van der Waals surface area (Å²) in [6, 6.07) is 6.77. The van der Waals surface area contributed by atoms with Crippen LogP contribution >= 0.6 is 11.6 Å². The number of ether oxygens (including phenoxy) is 1. The number of carbonyl (C=O) groups excluding carboxylic acids is 2. The predicted molar refractivity (Wildman–Crippen MR) is 121 cm³/mol. The van der Waals surface area contributed by atoms with Crippen LogP contribution in [0, 0.1) is 20.8 Å². The fraction of sp³-hybridized carbons (Fsp3) is 0.250. The first-order valence-corrected chi connectivity index (χ1v) is 10.6. The first kappa shape index (κ1) is 21.8. The molecule has 0 unspecified atom stereocenters. The normalized spacial score (nSPS) is 14.2. The minimum absolute atomic E-state index is 0.133. The number of nitrogens with zero attached hydrogens (tertiary/aromatic N) is 2. The Morgan fingerprint density at radius 2 is 1.94 bits per heavy atom. The standard InChI is InChI=1S/C24H22ClN3O4/c1-13-10-17(11-14(2)21(13)25)31-24(30)22-15(3)20-18(7-4-8-19(20)32-22)27-28-23(29)16-6-5-9-26-12-16/h5-6,9-12H,4,7-8H2,1-3H3,(H,28,29)/b27-18+. The summed E-state index contributed by atoms with van der Waals surface area (Å²) in [5.41, 5.74) is 6.69. The second kappa shape index (κ2) is 8.96. The summed E-state index contributed by atoms with van der Waals surface area (Å²) in [4.78, 5) is 29.1. The Bertz CT molecular complexity index is 1210. The van der Waals surface area contributed by atoms with Crippen LogP contribution in [0.1, 0.15) is 61.8 Å². The van der Waals surface area contributed by atoms with E-state index in [0.717, 1.165) is 23.1 Å². The van der Waals surface area contributed by atoms with E-state index in [9.17, 15) is 9.59 Å². The molecule has 0 aliphatic heterocycles. The molecule has 2 aromatic heterocycles. The van der Waals surface area contributed by atoms with E-state index in [2.05, 4.69) is 15.5 Å². The highest BCUT2D eigenvalue weighted by molar-refractivity contribution is 6.32. The first-order chi connectivity index (χ1) is 15.3. The van der Waals surface area contributed by atoms with Crippen LogP contribution in [0.3, 0.4) is 0 Å². The zero-order valence-corrected chi connectivity index (χ0v) is 18.7. The molecule has 2 heterocycles. The number of aromatic nitrogens is 1. The second-order valence-electron chi connectivity index (χ2n) is 7.71. The van der Waals surface area contributed by atoms with E-state index in [0.29, 0.717) is 46.2 Å². The minimum Gasteiger partial charge on any atom is -0.453 e. The number of hydrazone groups is 1. The summed E-state index contributed by atoms with van der Waals surface area (Å²) >= 11 is 6.20. The Labute approximate surface area is 190 Å². The highest BCUT2D eigenvalue weighted by Gasteiger charge is 2.29. The van der Waals surface area contributed by atoms with Crippen LogP contribution < -0.4 is 10.2 Å². The Morgan fingerprint density at radius 3 is 2.62 bits per heavy atom. The topological polar surface area (TPSA) is 93.8 Å². The fourth-order valence-electron chi connectivity index (χ4n) is 3.77. The molecule has 32 heavy (non-hydrogen) atoms. The molecule has 0 bridgehead atoms. The third kappa shape index (κ3) is 4.29. The van der Waals surface area contributed by atoms with Crippen molar-refractivity contribution >= 4 is 29.2 Å². The molecule has 4 rings (SSSR count). The highest BCUT2D eigenvalue weighted by Crippen LogP contribution is 2.31. The third-order valence-corrected chi connectivity index (χ3v) is 5.94. The lowest BCUT2D eigenvalue weighted by molar-refractivity contribution is 0.0698. The van der Waals surface area contributed by atoms with Crippen molar-refractivity contribution in [3.05, 3.63) is 81.0 Å². The molecule has 0 spiro atoms. The van der Waals surface area contributed by atoms with Gasteiger partial charge in [-0.1, -0.05) is 11.6 Å². The van der Waals surface area contributed by atoms with Crippen LogP contribution in [0.4, 0.5) is 0 Å². The van der Waals surface area contributed by atoms with Gasteiger partial charge in [0.15, 0.2) is 0 Å². The van der Waals surface area contributed by atoms with E-state index in [1.807, 2.05) is 13.8 Å². The molecule has 1 N–H and O–H groups in total. The van der Waals surface area contributed by atoms with Crippen molar-refractivity contribution in [3.8, 4) is 5.75 Å². The number of fused-ring (bicyclic) bond motifs is 1. The SMILES string of the molecule is Cc1cc(OC(=O)c2oc3c(c2C)/C(=N/NC(=O)c2cccnc2)CCC3)cc(C)c1Cl. The van der Waals surface area contributed by atoms with Gasteiger partial charge in [0, 0.05) is 35.0 Å². The van der Waals surface area contributed by atoms with Gasteiger partial charge in [0.05, 0.1) is 11.3 Å². The van der Waals surface area contributed by atoms with Gasteiger partial charge < -0.3 is 9.15 Å². The molecule has 1 aliphatic carbocycles. The monoisotopic (exact) mass is 451 g/mol. The number of amides is 1. The molecule has 0 saturated carbocycles. The number of esters is 1. The smallest absolute Gasteiger partial charge is 0.379 e. The van der Waals surface area contributed by atoms with Crippen LogP contribution in [-0.4, -0.2) is 22.6 Å². The van der Waals surface area contributed by atoms with Gasteiger partial charge in [-0.15, -0.1) is 0 Å². The molecule has 3 aromatic rings. The molecular formula is C24H22ClN3O4. The first-order valence-electron chi connectivity index (χ1n) is 10.2. The molecular weight excluding hydrogens is 430 g/mol. The van der Waals surface area contributed by atoms with Crippen molar-refractivity contribution in [2.45, 2.75) is 40.0 Å². The predicted octanol–water partition coefficient (Wildman–Crippen LogP) is 4.94. The molecule has 1 aromatic carbocycles. The van der Waals surface area contributed by atoms with Crippen molar-refractivity contribution in [3.63, 3.8) is 0 Å². The number of hydrogen-bond acceptors (Lipinski definition) is 6. The molecule has 1 amide bonds. The number of carbonyl (C=O) groups is 2. The molecule has 0 fully saturated rings. The maximum Gasteiger partial charge on any atom is 0.379 e. The molecule has 164 valence electrons. The second-order valence-corrected chi connectivity index (χ2v) is 8.09. The lowest BCUT2D eigenvalue weighted by Gasteiger charge is -2.13. The van der Waals surface area contributed by atoms with E-state index in [4.69, 9.17) is 20.8 Å². The van der Waals surface area contributed by atoms with Crippen LogP contribution in [0.15, 0.2) is 46.2 Å². The van der Waals surface area contributed by atoms with Gasteiger partial charge in [0.2, 0.25) is 5.76 Å². The quantitative estimate of drug-likeness (QED) is 0.344. The Morgan fingerprint density at radius 1 is 1.19 bits per heavy atom. The van der Waals surface area contributed by atoms with Gasteiger partial charge in [-0.05, 0) is 69.0 Å². The highest BCUT2D eigenvalue weighted by atomic mass is 35.5. The number of halogens is 1. The molecule has 0 saturated heterocycles. The van der Waals surface area contributed by atoms with Crippen LogP contribution in [-0.2, 0) is 6.42 Å². The van der Waals surface area contributed by atoms with E-state index in [1.165, 1.54) is 6.20 Å². The van der Waals surface area contributed by atoms with Crippen LogP contribution in [0.5, 0.6) is 5.75 Å². The largest absolute Gasteiger partial charge is 0.453 e. The maximum absolute atomic E-state index is 12.9. The number of benzene rings is 1. The number of hydrogen-bond donors (Lipinski definition) is 1. The minimum atomic E-state index is -0.586. The average Bonchev–Trinajstić information content (AvgIpc) is 3.13. The maximum atomic E-state index is 12.9. The van der Waals surface area contributed by atoms with E-state index in [-0.39, 0.29) is 11.7 Å². The summed E-state index contributed by atoms with van der Waals surface area (Å²) < 4.78 is 11.4. The van der Waals surface area contributed by atoms with Crippen molar-refractivity contribution in [2.75, 3.05) is 0 Å². The van der Waals surface area contributed by atoms with Crippen molar-refractivity contribution in [1.82, 2.24) is 10.4 Å². The fourth-order valence-corrected chi connectivity index (χ4v) is 3.88. The van der Waals surface area contributed by atoms with Gasteiger partial charge in [-0.25, -0.2) is 10.2 Å². The Kier molecular flexibility index (Phi) is 6.10. The molecule has 0 atom stereocenters. The molecule has 8 heteroatoms. The zero-order valence-electron chi connectivity index (χ0n) is 18.0. The summed E-state index contributed by atoms with van der Waals surface area (Å²) in [6.07, 6.45) is 5.20. The summed E-state index contributed by atoms with van der Waals surface area (Å²) in [5.74, 6) is 0.261. The summed E-state index contributed by atoms with van der Waals surface area (Å²) in [5, 5.41) is 4.96. The van der Waals surface area contributed by atoms with E-state index >= 15 is 0 Å². The molecule has 0 radical (unpaired) electrons. The number of aryl methyl sites for hydroxylation is 3. The third-order valence-electron chi connectivity index (χ3n) is 5.35. The van der Waals surface area contributed by atoms with E-state index < -0.39 is 5.97 Å². The van der Waals surface area contributed by atoms with Crippen molar-refractivity contribution < 1.29 is 18.7 Å². The number of furan rings is 1. The summed E-state index contributed by atoms with van der Waals surface area (Å²) in [7, 11) is 0. The Balaban J connectivity index is 1.58. The lowest BCUT2D eigenvalue weighted by Crippen LogP contribution is -2.22. The van der Waals surface area contributed by atoms with Crippen LogP contribution in [0.2, 0.25) is 5.02 Å².